The van der Waals surface area contributed by atoms with Crippen LogP contribution in [-0.4, -0.2) is 30.1 Å². The number of hydrogen-bond donors (Lipinski definition) is 0. The molecule has 0 radical (unpaired) electrons. The average molecular weight is 251 g/mol. The minimum Gasteiger partial charge on any atom is -0.462 e. The fraction of sp³-hybridized carbons (Fsp3) is 0.462. The Hall–Kier alpha value is -1.91. The summed E-state index contributed by atoms with van der Waals surface area (Å²) in [6, 6.07) is 1.43. The Balaban J connectivity index is 2.72. The molecular formula is C13H17NO4. The lowest BCUT2D eigenvalue weighted by molar-refractivity contribution is 0.0502. The fourth-order valence-corrected chi connectivity index (χ4v) is 1.22. The summed E-state index contributed by atoms with van der Waals surface area (Å²) in [6.07, 6.45) is 4.23. The molecule has 0 unspecified atom stereocenters. The lowest BCUT2D eigenvalue weighted by atomic mass is 10.2. The van der Waals surface area contributed by atoms with Crippen LogP contribution in [0.1, 0.15) is 47.4 Å². The highest BCUT2D eigenvalue weighted by molar-refractivity contribution is 5.94. The third-order valence-electron chi connectivity index (χ3n) is 2.08. The van der Waals surface area contributed by atoms with E-state index in [1.807, 2.05) is 13.8 Å². The van der Waals surface area contributed by atoms with Crippen LogP contribution in [0, 0.1) is 0 Å². The van der Waals surface area contributed by atoms with E-state index in [1.54, 1.807) is 0 Å². The zero-order chi connectivity index (χ0) is 13.4. The molecule has 0 amide bonds. The van der Waals surface area contributed by atoms with Gasteiger partial charge < -0.3 is 9.47 Å². The second kappa shape index (κ2) is 7.42. The summed E-state index contributed by atoms with van der Waals surface area (Å²) in [7, 11) is 0. The molecule has 0 N–H and O–H groups in total. The standard InChI is InChI=1S/C13H17NO4/c1-3-5-17-12(15)10-7-11(9-14-8-10)13(16)18-6-4-2/h7-9H,3-6H2,1-2H3. The van der Waals surface area contributed by atoms with Crippen LogP contribution in [0.25, 0.3) is 0 Å². The molecule has 0 bridgehead atoms. The van der Waals surface area contributed by atoms with E-state index < -0.39 is 11.9 Å². The van der Waals surface area contributed by atoms with Crippen molar-refractivity contribution in [2.75, 3.05) is 13.2 Å². The van der Waals surface area contributed by atoms with Crippen molar-refractivity contribution in [2.24, 2.45) is 0 Å². The normalized spacial score (nSPS) is 9.89. The summed E-state index contributed by atoms with van der Waals surface area (Å²) in [5.74, 6) is -0.955. The molecule has 1 heterocycles. The maximum atomic E-state index is 11.6. The number of ether oxygens (including phenoxy) is 2. The Morgan fingerprint density at radius 3 is 1.83 bits per heavy atom. The van der Waals surface area contributed by atoms with Crippen molar-refractivity contribution in [2.45, 2.75) is 26.7 Å². The van der Waals surface area contributed by atoms with E-state index in [1.165, 1.54) is 18.5 Å². The van der Waals surface area contributed by atoms with Crippen LogP contribution in [0.2, 0.25) is 0 Å². The molecule has 0 saturated carbocycles. The molecule has 5 nitrogen and oxygen atoms in total. The summed E-state index contributed by atoms with van der Waals surface area (Å²) in [4.78, 5) is 27.0. The van der Waals surface area contributed by atoms with Gasteiger partial charge in [0.1, 0.15) is 0 Å². The number of nitrogens with zero attached hydrogens (tertiary/aromatic N) is 1. The largest absolute Gasteiger partial charge is 0.462 e. The van der Waals surface area contributed by atoms with Gasteiger partial charge in [0, 0.05) is 12.4 Å². The summed E-state index contributed by atoms with van der Waals surface area (Å²) in [6.45, 7) is 4.51. The molecule has 1 rings (SSSR count). The Morgan fingerprint density at radius 2 is 1.44 bits per heavy atom. The maximum absolute atomic E-state index is 11.6. The van der Waals surface area contributed by atoms with E-state index in [0.717, 1.165) is 12.8 Å². The van der Waals surface area contributed by atoms with Gasteiger partial charge in [-0.1, -0.05) is 13.8 Å². The molecule has 0 aliphatic carbocycles. The lowest BCUT2D eigenvalue weighted by Gasteiger charge is -2.05. The van der Waals surface area contributed by atoms with Crippen molar-refractivity contribution in [1.29, 1.82) is 0 Å². The number of carbonyl (C=O) groups excluding carboxylic acids is 2. The van der Waals surface area contributed by atoms with Gasteiger partial charge in [0.25, 0.3) is 0 Å². The van der Waals surface area contributed by atoms with E-state index in [4.69, 9.17) is 9.47 Å². The summed E-state index contributed by atoms with van der Waals surface area (Å²) >= 11 is 0. The van der Waals surface area contributed by atoms with Crippen LogP contribution >= 0.6 is 0 Å². The van der Waals surface area contributed by atoms with Crippen LogP contribution in [0.3, 0.4) is 0 Å². The van der Waals surface area contributed by atoms with E-state index in [9.17, 15) is 9.59 Å². The Bertz CT molecular complexity index is 382. The number of esters is 2. The molecule has 1 aromatic heterocycles. The highest BCUT2D eigenvalue weighted by Crippen LogP contribution is 2.06. The zero-order valence-corrected chi connectivity index (χ0v) is 10.6. The van der Waals surface area contributed by atoms with Gasteiger partial charge in [0.2, 0.25) is 0 Å². The molecule has 0 aromatic carbocycles. The molecule has 18 heavy (non-hydrogen) atoms. The second-order valence-electron chi connectivity index (χ2n) is 3.73. The van der Waals surface area contributed by atoms with Crippen molar-refractivity contribution in [3.63, 3.8) is 0 Å². The van der Waals surface area contributed by atoms with Crippen LogP contribution in [0.15, 0.2) is 18.5 Å². The Kier molecular flexibility index (Phi) is 5.84. The molecule has 98 valence electrons. The van der Waals surface area contributed by atoms with Gasteiger partial charge in [-0.2, -0.15) is 0 Å². The minimum atomic E-state index is -0.477. The number of aromatic nitrogens is 1. The first kappa shape index (κ1) is 14.2. The highest BCUT2D eigenvalue weighted by Gasteiger charge is 2.12. The average Bonchev–Trinajstić information content (AvgIpc) is 2.42. The molecule has 0 saturated heterocycles. The first-order chi connectivity index (χ1) is 8.69. The number of hydrogen-bond acceptors (Lipinski definition) is 5. The second-order valence-corrected chi connectivity index (χ2v) is 3.73. The van der Waals surface area contributed by atoms with Crippen molar-refractivity contribution in [1.82, 2.24) is 4.98 Å². The molecule has 0 spiro atoms. The minimum absolute atomic E-state index is 0.259. The van der Waals surface area contributed by atoms with Gasteiger partial charge >= 0.3 is 11.9 Å². The van der Waals surface area contributed by atoms with Crippen molar-refractivity contribution >= 4 is 11.9 Å². The van der Waals surface area contributed by atoms with Gasteiger partial charge in [-0.25, -0.2) is 9.59 Å². The SMILES string of the molecule is CCCOC(=O)c1cncc(C(=O)OCCC)c1. The molecule has 1 aromatic rings. The van der Waals surface area contributed by atoms with Gasteiger partial charge in [-0.05, 0) is 18.9 Å². The van der Waals surface area contributed by atoms with Crippen LogP contribution in [-0.2, 0) is 9.47 Å². The molecular weight excluding hydrogens is 234 g/mol. The number of carbonyl (C=O) groups is 2. The van der Waals surface area contributed by atoms with Crippen molar-refractivity contribution in [3.05, 3.63) is 29.6 Å². The van der Waals surface area contributed by atoms with Gasteiger partial charge in [0.15, 0.2) is 0 Å². The molecule has 0 aliphatic heterocycles. The molecule has 0 atom stereocenters. The quantitative estimate of drug-likeness (QED) is 0.725. The smallest absolute Gasteiger partial charge is 0.339 e. The Labute approximate surface area is 106 Å². The van der Waals surface area contributed by atoms with E-state index in [2.05, 4.69) is 4.98 Å². The third kappa shape index (κ3) is 4.16. The Morgan fingerprint density at radius 1 is 1.00 bits per heavy atom. The summed E-state index contributed by atoms with van der Waals surface area (Å²) in [5, 5.41) is 0. The summed E-state index contributed by atoms with van der Waals surface area (Å²) in [5.41, 5.74) is 0.517. The highest BCUT2D eigenvalue weighted by atomic mass is 16.5. The van der Waals surface area contributed by atoms with Crippen molar-refractivity contribution in [3.8, 4) is 0 Å². The van der Waals surface area contributed by atoms with Gasteiger partial charge in [-0.15, -0.1) is 0 Å². The van der Waals surface area contributed by atoms with Crippen molar-refractivity contribution < 1.29 is 19.1 Å². The van der Waals surface area contributed by atoms with Crippen LogP contribution < -0.4 is 0 Å². The van der Waals surface area contributed by atoms with E-state index in [0.29, 0.717) is 13.2 Å². The monoisotopic (exact) mass is 251 g/mol. The maximum Gasteiger partial charge on any atom is 0.339 e. The molecule has 0 fully saturated rings. The van der Waals surface area contributed by atoms with E-state index in [-0.39, 0.29) is 11.1 Å². The molecule has 5 heteroatoms. The third-order valence-corrected chi connectivity index (χ3v) is 2.08. The van der Waals surface area contributed by atoms with Crippen LogP contribution in [0.4, 0.5) is 0 Å². The van der Waals surface area contributed by atoms with Gasteiger partial charge in [-0.3, -0.25) is 4.98 Å². The first-order valence-corrected chi connectivity index (χ1v) is 5.98. The number of rotatable bonds is 6. The lowest BCUT2D eigenvalue weighted by Crippen LogP contribution is -2.10. The zero-order valence-electron chi connectivity index (χ0n) is 10.6. The number of pyridine rings is 1. The first-order valence-electron chi connectivity index (χ1n) is 5.98. The van der Waals surface area contributed by atoms with Crippen LogP contribution in [0.5, 0.6) is 0 Å². The summed E-state index contributed by atoms with van der Waals surface area (Å²) < 4.78 is 9.92. The van der Waals surface area contributed by atoms with E-state index >= 15 is 0 Å². The predicted molar refractivity (Wildman–Crippen MR) is 65.4 cm³/mol. The van der Waals surface area contributed by atoms with Gasteiger partial charge in [0.05, 0.1) is 24.3 Å². The topological polar surface area (TPSA) is 65.5 Å². The molecule has 0 aliphatic rings. The predicted octanol–water partition coefficient (Wildman–Crippen LogP) is 2.22. The fourth-order valence-electron chi connectivity index (χ4n) is 1.22.